The predicted octanol–water partition coefficient (Wildman–Crippen LogP) is -1.16. The summed E-state index contributed by atoms with van der Waals surface area (Å²) in [5.41, 5.74) is 5.46. The number of hydrogen-bond donors (Lipinski definition) is 3. The van der Waals surface area contributed by atoms with Crippen molar-refractivity contribution < 1.29 is 9.53 Å². The number of carbonyl (C=O) groups excluding carboxylic acids is 1. The molecule has 1 saturated heterocycles. The van der Waals surface area contributed by atoms with E-state index in [9.17, 15) is 14.4 Å². The van der Waals surface area contributed by atoms with Crippen molar-refractivity contribution in [3.05, 3.63) is 44.9 Å². The third-order valence-corrected chi connectivity index (χ3v) is 3.39. The van der Waals surface area contributed by atoms with Gasteiger partial charge in [0.2, 0.25) is 0 Å². The maximum Gasteiger partial charge on any atom is 0.330 e. The summed E-state index contributed by atoms with van der Waals surface area (Å²) in [6.07, 6.45) is 3.34. The van der Waals surface area contributed by atoms with Crippen LogP contribution in [0.15, 0.2) is 33.6 Å². The van der Waals surface area contributed by atoms with Crippen molar-refractivity contribution in [2.24, 2.45) is 5.73 Å². The van der Waals surface area contributed by atoms with Gasteiger partial charge in [-0.2, -0.15) is 0 Å². The van der Waals surface area contributed by atoms with Crippen molar-refractivity contribution in [1.29, 1.82) is 0 Å². The quantitative estimate of drug-likeness (QED) is 0.466. The van der Waals surface area contributed by atoms with Gasteiger partial charge in [0.05, 0.1) is 11.8 Å². The zero-order valence-electron chi connectivity index (χ0n) is 11.6. The number of nitrogens with two attached hydrogens (primary N) is 1. The Morgan fingerprint density at radius 1 is 1.62 bits per heavy atom. The van der Waals surface area contributed by atoms with Crippen LogP contribution in [0, 0.1) is 0 Å². The zero-order valence-corrected chi connectivity index (χ0v) is 11.6. The number of rotatable bonds is 5. The average Bonchev–Trinajstić information content (AvgIpc) is 2.81. The fraction of sp³-hybridized carbons (Fsp3) is 0.462. The van der Waals surface area contributed by atoms with E-state index in [0.29, 0.717) is 24.9 Å². The molecule has 1 aromatic heterocycles. The highest BCUT2D eigenvalue weighted by atomic mass is 16.5. The van der Waals surface area contributed by atoms with Crippen molar-refractivity contribution in [3.63, 3.8) is 0 Å². The van der Waals surface area contributed by atoms with Gasteiger partial charge >= 0.3 is 5.69 Å². The number of ether oxygens (including phenoxy) is 1. The molecule has 3 atom stereocenters. The highest BCUT2D eigenvalue weighted by Crippen LogP contribution is 2.25. The van der Waals surface area contributed by atoms with Crippen LogP contribution in [0.4, 0.5) is 0 Å². The summed E-state index contributed by atoms with van der Waals surface area (Å²) in [5.74, 6) is 0. The van der Waals surface area contributed by atoms with Crippen LogP contribution in [0.25, 0.3) is 0 Å². The van der Waals surface area contributed by atoms with Gasteiger partial charge in [0, 0.05) is 31.3 Å². The molecule has 1 aliphatic rings. The maximum atomic E-state index is 11.7. The monoisotopic (exact) mass is 294 g/mol. The van der Waals surface area contributed by atoms with E-state index in [2.05, 4.69) is 10.3 Å². The molecule has 1 aliphatic heterocycles. The Morgan fingerprint density at radius 2 is 2.38 bits per heavy atom. The molecule has 0 unspecified atom stereocenters. The maximum absolute atomic E-state index is 11.7. The Kier molecular flexibility index (Phi) is 4.71. The molecule has 0 bridgehead atoms. The Morgan fingerprint density at radius 3 is 3.00 bits per heavy atom. The van der Waals surface area contributed by atoms with Gasteiger partial charge in [-0.15, -0.1) is 0 Å². The molecule has 0 spiro atoms. The number of nitrogens with one attached hydrogen (secondary N) is 2. The lowest BCUT2D eigenvalue weighted by Crippen LogP contribution is -2.38. The molecule has 4 N–H and O–H groups in total. The van der Waals surface area contributed by atoms with Gasteiger partial charge in [0.15, 0.2) is 6.29 Å². The van der Waals surface area contributed by atoms with Crippen LogP contribution in [0.1, 0.15) is 19.6 Å². The summed E-state index contributed by atoms with van der Waals surface area (Å²) in [4.78, 5) is 35.6. The van der Waals surface area contributed by atoms with Crippen molar-refractivity contribution in [2.75, 3.05) is 6.54 Å². The molecule has 114 valence electrons. The van der Waals surface area contributed by atoms with E-state index in [1.807, 2.05) is 0 Å². The van der Waals surface area contributed by atoms with E-state index in [0.717, 1.165) is 0 Å². The Bertz CT molecular complexity index is 648. The van der Waals surface area contributed by atoms with E-state index in [1.165, 1.54) is 16.8 Å². The summed E-state index contributed by atoms with van der Waals surface area (Å²) >= 11 is 0. The van der Waals surface area contributed by atoms with Crippen LogP contribution >= 0.6 is 0 Å². The first-order valence-electron chi connectivity index (χ1n) is 6.63. The molecule has 2 rings (SSSR count). The fourth-order valence-corrected chi connectivity index (χ4v) is 2.21. The molecule has 0 aromatic carbocycles. The van der Waals surface area contributed by atoms with E-state index < -0.39 is 17.5 Å². The molecule has 8 heteroatoms. The standard InChI is InChI=1S/C13H18N4O4/c1-2-8(7-18)15-6-10-9(14)5-12(21-10)17-4-3-11(19)16-13(17)20/h2-4,7,9-10,12,15H,5-6,14H2,1H3,(H,16,19,20)/b8-2+/t9-,10+,12+/m0/s1. The second kappa shape index (κ2) is 6.51. The lowest BCUT2D eigenvalue weighted by atomic mass is 10.1. The molecule has 0 radical (unpaired) electrons. The number of hydrogen-bond acceptors (Lipinski definition) is 6. The summed E-state index contributed by atoms with van der Waals surface area (Å²) in [6.45, 7) is 2.11. The molecule has 8 nitrogen and oxygen atoms in total. The summed E-state index contributed by atoms with van der Waals surface area (Å²) in [7, 11) is 0. The number of allylic oxidation sites excluding steroid dienone is 2. The number of aldehydes is 1. The highest BCUT2D eigenvalue weighted by molar-refractivity contribution is 5.71. The second-order valence-electron chi connectivity index (χ2n) is 4.79. The second-order valence-corrected chi connectivity index (χ2v) is 4.79. The normalized spacial score (nSPS) is 25.8. The molecule has 0 amide bonds. The van der Waals surface area contributed by atoms with Gasteiger partial charge in [-0.05, 0) is 6.92 Å². The van der Waals surface area contributed by atoms with Crippen molar-refractivity contribution in [3.8, 4) is 0 Å². The minimum atomic E-state index is -0.532. The topological polar surface area (TPSA) is 119 Å². The number of aromatic nitrogens is 2. The molecular weight excluding hydrogens is 276 g/mol. The summed E-state index contributed by atoms with van der Waals surface area (Å²) in [5, 5.41) is 2.93. The van der Waals surface area contributed by atoms with Crippen molar-refractivity contribution in [1.82, 2.24) is 14.9 Å². The number of H-pyrrole nitrogens is 1. The van der Waals surface area contributed by atoms with Crippen LogP contribution in [-0.4, -0.2) is 34.5 Å². The van der Waals surface area contributed by atoms with E-state index in [-0.39, 0.29) is 12.1 Å². The first-order chi connectivity index (χ1) is 10.0. The lowest BCUT2D eigenvalue weighted by Gasteiger charge is -2.17. The Labute approximate surface area is 120 Å². The Hall–Kier alpha value is -2.19. The van der Waals surface area contributed by atoms with Gasteiger partial charge in [0.25, 0.3) is 5.56 Å². The minimum Gasteiger partial charge on any atom is -0.380 e. The smallest absolute Gasteiger partial charge is 0.330 e. The average molecular weight is 294 g/mol. The minimum absolute atomic E-state index is 0.272. The SMILES string of the molecule is C/C=C(\C=O)NC[C@H]1O[C@@H](n2ccc(=O)[nH]c2=O)C[C@@H]1N. The molecule has 21 heavy (non-hydrogen) atoms. The van der Waals surface area contributed by atoms with Crippen LogP contribution in [0.2, 0.25) is 0 Å². The Balaban J connectivity index is 2.05. The lowest BCUT2D eigenvalue weighted by molar-refractivity contribution is -0.105. The van der Waals surface area contributed by atoms with E-state index in [4.69, 9.17) is 10.5 Å². The third kappa shape index (κ3) is 3.47. The van der Waals surface area contributed by atoms with Gasteiger partial charge in [-0.3, -0.25) is 19.1 Å². The van der Waals surface area contributed by atoms with Gasteiger partial charge in [-0.25, -0.2) is 4.79 Å². The van der Waals surface area contributed by atoms with Crippen LogP contribution < -0.4 is 22.3 Å². The number of carbonyl (C=O) groups is 1. The highest BCUT2D eigenvalue weighted by Gasteiger charge is 2.34. The van der Waals surface area contributed by atoms with Crippen LogP contribution in [0.3, 0.4) is 0 Å². The van der Waals surface area contributed by atoms with Crippen molar-refractivity contribution >= 4 is 6.29 Å². The number of nitrogens with zero attached hydrogens (tertiary/aromatic N) is 1. The molecule has 1 fully saturated rings. The van der Waals surface area contributed by atoms with Crippen LogP contribution in [0.5, 0.6) is 0 Å². The van der Waals surface area contributed by atoms with Crippen LogP contribution in [-0.2, 0) is 9.53 Å². The predicted molar refractivity (Wildman–Crippen MR) is 75.6 cm³/mol. The molecule has 2 heterocycles. The molecule has 0 saturated carbocycles. The first-order valence-corrected chi connectivity index (χ1v) is 6.63. The molecule has 0 aliphatic carbocycles. The van der Waals surface area contributed by atoms with E-state index >= 15 is 0 Å². The summed E-state index contributed by atoms with van der Waals surface area (Å²) in [6, 6.07) is 0.984. The summed E-state index contributed by atoms with van der Waals surface area (Å²) < 4.78 is 7.03. The van der Waals surface area contributed by atoms with Gasteiger partial charge in [-0.1, -0.05) is 6.08 Å². The fourth-order valence-electron chi connectivity index (χ4n) is 2.21. The third-order valence-electron chi connectivity index (χ3n) is 3.39. The van der Waals surface area contributed by atoms with Crippen molar-refractivity contribution in [2.45, 2.75) is 31.7 Å². The van der Waals surface area contributed by atoms with Gasteiger partial charge in [0.1, 0.15) is 6.23 Å². The first kappa shape index (κ1) is 15.2. The van der Waals surface area contributed by atoms with Gasteiger partial charge < -0.3 is 15.8 Å². The largest absolute Gasteiger partial charge is 0.380 e. The van der Waals surface area contributed by atoms with E-state index in [1.54, 1.807) is 13.0 Å². The molecule has 1 aromatic rings. The zero-order chi connectivity index (χ0) is 15.4. The molecular formula is C13H18N4O4. The number of aromatic amines is 1.